The van der Waals surface area contributed by atoms with Gasteiger partial charge in [-0.3, -0.25) is 9.78 Å². The number of ether oxygens (including phenoxy) is 1. The predicted molar refractivity (Wildman–Crippen MR) is 113 cm³/mol. The van der Waals surface area contributed by atoms with Gasteiger partial charge < -0.3 is 9.30 Å². The van der Waals surface area contributed by atoms with Crippen LogP contribution >= 0.6 is 11.3 Å². The molecular weight excluding hydrogens is 370 g/mol. The van der Waals surface area contributed by atoms with Gasteiger partial charge in [-0.2, -0.15) is 4.99 Å². The Labute approximate surface area is 167 Å². The number of nitrogens with zero attached hydrogens (tertiary/aromatic N) is 3. The molecule has 0 unspecified atom stereocenters. The molecule has 0 aliphatic rings. The number of carbonyl (C=O) groups excluding carboxylic acids is 1. The lowest BCUT2D eigenvalue weighted by Gasteiger charge is -2.07. The molecule has 0 atom stereocenters. The number of fused-ring (bicyclic) bond motifs is 2. The average molecular weight is 391 g/mol. The van der Waals surface area contributed by atoms with E-state index in [9.17, 15) is 4.79 Å². The lowest BCUT2D eigenvalue weighted by atomic mass is 10.1. The van der Waals surface area contributed by atoms with Gasteiger partial charge in [-0.25, -0.2) is 0 Å². The molecule has 0 saturated carbocycles. The molecule has 0 saturated heterocycles. The smallest absolute Gasteiger partial charge is 0.279 e. The summed E-state index contributed by atoms with van der Waals surface area (Å²) in [5.74, 6) is 0.550. The summed E-state index contributed by atoms with van der Waals surface area (Å²) in [7, 11) is 0. The molecule has 142 valence electrons. The molecule has 4 aromatic rings. The van der Waals surface area contributed by atoms with Crippen LogP contribution in [0, 0.1) is 6.92 Å². The minimum absolute atomic E-state index is 0.267. The molecule has 0 aliphatic heterocycles. The molecule has 0 fully saturated rings. The number of rotatable bonds is 4. The van der Waals surface area contributed by atoms with Crippen molar-refractivity contribution in [3.8, 4) is 5.75 Å². The molecule has 0 N–H and O–H groups in total. The van der Waals surface area contributed by atoms with E-state index in [0.717, 1.165) is 32.6 Å². The highest BCUT2D eigenvalue weighted by Crippen LogP contribution is 2.27. The Morgan fingerprint density at radius 1 is 1.18 bits per heavy atom. The van der Waals surface area contributed by atoms with Crippen molar-refractivity contribution < 1.29 is 9.53 Å². The number of aryl methyl sites for hydroxylation is 2. The van der Waals surface area contributed by atoms with Crippen LogP contribution in [-0.4, -0.2) is 22.1 Å². The minimum atomic E-state index is -0.267. The van der Waals surface area contributed by atoms with Crippen molar-refractivity contribution in [3.05, 3.63) is 64.6 Å². The van der Waals surface area contributed by atoms with Crippen LogP contribution in [0.3, 0.4) is 0 Å². The van der Waals surface area contributed by atoms with Crippen molar-refractivity contribution in [2.24, 2.45) is 4.99 Å². The number of amides is 1. The third kappa shape index (κ3) is 3.31. The van der Waals surface area contributed by atoms with Gasteiger partial charge >= 0.3 is 0 Å². The first kappa shape index (κ1) is 18.4. The molecule has 4 rings (SSSR count). The zero-order valence-electron chi connectivity index (χ0n) is 16.1. The quantitative estimate of drug-likeness (QED) is 0.506. The summed E-state index contributed by atoms with van der Waals surface area (Å²) in [5.41, 5.74) is 3.25. The Kier molecular flexibility index (Phi) is 4.96. The molecule has 0 aliphatic carbocycles. The Morgan fingerprint density at radius 2 is 2.00 bits per heavy atom. The highest BCUT2D eigenvalue weighted by atomic mass is 32.1. The van der Waals surface area contributed by atoms with Gasteiger partial charge in [-0.1, -0.05) is 29.5 Å². The number of carbonyl (C=O) groups is 1. The van der Waals surface area contributed by atoms with Crippen LogP contribution in [0.1, 0.15) is 29.9 Å². The van der Waals surface area contributed by atoms with Crippen molar-refractivity contribution in [1.29, 1.82) is 0 Å². The summed E-state index contributed by atoms with van der Waals surface area (Å²) in [6, 6.07) is 15.4. The fraction of sp³-hybridized carbons (Fsp3) is 0.227. The number of hydrogen-bond acceptors (Lipinski definition) is 4. The van der Waals surface area contributed by atoms with Crippen molar-refractivity contribution in [1.82, 2.24) is 9.55 Å². The van der Waals surface area contributed by atoms with E-state index in [1.165, 1.54) is 11.3 Å². The molecule has 2 aromatic carbocycles. The molecular formula is C22H21N3O2S. The molecule has 2 heterocycles. The van der Waals surface area contributed by atoms with Crippen molar-refractivity contribution in [3.63, 3.8) is 0 Å². The standard InChI is InChI=1S/C22H21N3O2S/c1-4-25-20-18(27-5-2)7-6-8-19(20)28-22(25)24-21(26)16-12-11-15-10-9-14(3)23-17(15)13-16/h6-13H,4-5H2,1-3H3. The number of thiazole rings is 1. The third-order valence-corrected chi connectivity index (χ3v) is 5.60. The molecule has 5 nitrogen and oxygen atoms in total. The summed E-state index contributed by atoms with van der Waals surface area (Å²) in [5, 5.41) is 1.01. The maximum atomic E-state index is 12.9. The van der Waals surface area contributed by atoms with Gasteiger partial charge in [0.25, 0.3) is 5.91 Å². The summed E-state index contributed by atoms with van der Waals surface area (Å²) in [4.78, 5) is 22.5. The largest absolute Gasteiger partial charge is 0.492 e. The topological polar surface area (TPSA) is 56.5 Å². The molecule has 2 aromatic heterocycles. The number of pyridine rings is 1. The second kappa shape index (κ2) is 7.56. The lowest BCUT2D eigenvalue weighted by molar-refractivity contribution is 0.0998. The van der Waals surface area contributed by atoms with E-state index in [2.05, 4.69) is 9.98 Å². The molecule has 0 spiro atoms. The lowest BCUT2D eigenvalue weighted by Crippen LogP contribution is -2.16. The van der Waals surface area contributed by atoms with Crippen LogP contribution in [0.25, 0.3) is 21.1 Å². The fourth-order valence-electron chi connectivity index (χ4n) is 3.25. The summed E-state index contributed by atoms with van der Waals surface area (Å²) >= 11 is 1.50. The van der Waals surface area contributed by atoms with Gasteiger partial charge in [0.2, 0.25) is 0 Å². The van der Waals surface area contributed by atoms with Crippen LogP contribution in [0.5, 0.6) is 5.75 Å². The van der Waals surface area contributed by atoms with E-state index in [-0.39, 0.29) is 5.91 Å². The number of hydrogen-bond donors (Lipinski definition) is 0. The molecule has 6 heteroatoms. The van der Waals surface area contributed by atoms with Gasteiger partial charge in [0.05, 0.1) is 16.8 Å². The minimum Gasteiger partial charge on any atom is -0.492 e. The predicted octanol–water partition coefficient (Wildman–Crippen LogP) is 4.72. The Bertz CT molecular complexity index is 1250. The zero-order chi connectivity index (χ0) is 19.7. The Balaban J connectivity index is 1.83. The number of aromatic nitrogens is 2. The summed E-state index contributed by atoms with van der Waals surface area (Å²) in [6.45, 7) is 7.24. The molecule has 28 heavy (non-hydrogen) atoms. The first-order valence-electron chi connectivity index (χ1n) is 9.32. The second-order valence-electron chi connectivity index (χ2n) is 6.44. The van der Waals surface area contributed by atoms with E-state index >= 15 is 0 Å². The van der Waals surface area contributed by atoms with Crippen molar-refractivity contribution in [2.45, 2.75) is 27.3 Å². The van der Waals surface area contributed by atoms with E-state index < -0.39 is 0 Å². The van der Waals surface area contributed by atoms with Gasteiger partial charge in [-0.15, -0.1) is 0 Å². The second-order valence-corrected chi connectivity index (χ2v) is 7.45. The summed E-state index contributed by atoms with van der Waals surface area (Å²) in [6.07, 6.45) is 0. The Morgan fingerprint density at radius 3 is 2.79 bits per heavy atom. The van der Waals surface area contributed by atoms with E-state index in [4.69, 9.17) is 4.74 Å². The molecule has 1 amide bonds. The monoisotopic (exact) mass is 391 g/mol. The van der Waals surface area contributed by atoms with Gasteiger partial charge in [0.1, 0.15) is 11.3 Å². The van der Waals surface area contributed by atoms with Gasteiger partial charge in [-0.05, 0) is 51.1 Å². The van der Waals surface area contributed by atoms with E-state index in [0.29, 0.717) is 23.5 Å². The third-order valence-electron chi connectivity index (χ3n) is 4.56. The van der Waals surface area contributed by atoms with Crippen LogP contribution in [0.4, 0.5) is 0 Å². The van der Waals surface area contributed by atoms with Crippen LogP contribution in [0.15, 0.2) is 53.5 Å². The molecule has 0 radical (unpaired) electrons. The first-order valence-corrected chi connectivity index (χ1v) is 10.1. The van der Waals surface area contributed by atoms with E-state index in [1.807, 2.05) is 67.8 Å². The first-order chi connectivity index (χ1) is 13.6. The maximum Gasteiger partial charge on any atom is 0.279 e. The fourth-order valence-corrected chi connectivity index (χ4v) is 4.36. The normalized spacial score (nSPS) is 12.0. The van der Waals surface area contributed by atoms with E-state index in [1.54, 1.807) is 6.07 Å². The SMILES string of the molecule is CCOc1cccc2sc(=NC(=O)c3ccc4ccc(C)nc4c3)n(CC)c12. The average Bonchev–Trinajstić information content (AvgIpc) is 3.05. The van der Waals surface area contributed by atoms with Gasteiger partial charge in [0.15, 0.2) is 4.80 Å². The molecule has 0 bridgehead atoms. The number of benzene rings is 2. The van der Waals surface area contributed by atoms with Gasteiger partial charge in [0, 0.05) is 23.2 Å². The summed E-state index contributed by atoms with van der Waals surface area (Å²) < 4.78 is 8.86. The number of para-hydroxylation sites is 1. The highest BCUT2D eigenvalue weighted by Gasteiger charge is 2.12. The van der Waals surface area contributed by atoms with Crippen molar-refractivity contribution in [2.75, 3.05) is 6.61 Å². The van der Waals surface area contributed by atoms with Crippen LogP contribution in [0.2, 0.25) is 0 Å². The maximum absolute atomic E-state index is 12.9. The van der Waals surface area contributed by atoms with Crippen molar-refractivity contribution >= 4 is 38.4 Å². The van der Waals surface area contributed by atoms with Crippen LogP contribution < -0.4 is 9.54 Å². The Hall–Kier alpha value is -2.99. The van der Waals surface area contributed by atoms with Crippen LogP contribution in [-0.2, 0) is 6.54 Å². The highest BCUT2D eigenvalue weighted by molar-refractivity contribution is 7.16. The zero-order valence-corrected chi connectivity index (χ0v) is 16.9.